The quantitative estimate of drug-likeness (QED) is 0.764. The molecule has 1 aromatic carbocycles. The molecule has 0 saturated carbocycles. The molecule has 4 nitrogen and oxygen atoms in total. The Bertz CT molecular complexity index is 425. The Balaban J connectivity index is 0.00000200. The minimum atomic E-state index is 0. The Morgan fingerprint density at radius 3 is 3.05 bits per heavy atom. The van der Waals surface area contributed by atoms with E-state index in [1.807, 2.05) is 24.3 Å². The van der Waals surface area contributed by atoms with E-state index in [0.717, 1.165) is 36.2 Å². The molecule has 0 bridgehead atoms. The second kappa shape index (κ2) is 9.21. The van der Waals surface area contributed by atoms with Gasteiger partial charge in [0.15, 0.2) is 0 Å². The highest BCUT2D eigenvalue weighted by Gasteiger charge is 2.15. The van der Waals surface area contributed by atoms with Crippen LogP contribution in [0.1, 0.15) is 19.3 Å². The van der Waals surface area contributed by atoms with Gasteiger partial charge < -0.3 is 15.4 Å². The molecule has 112 valence electrons. The molecule has 0 spiro atoms. The summed E-state index contributed by atoms with van der Waals surface area (Å²) in [4.78, 5) is 11.7. The first-order valence-electron chi connectivity index (χ1n) is 6.62. The van der Waals surface area contributed by atoms with Crippen molar-refractivity contribution in [3.05, 3.63) is 28.7 Å². The van der Waals surface area contributed by atoms with E-state index in [-0.39, 0.29) is 18.3 Å². The summed E-state index contributed by atoms with van der Waals surface area (Å²) in [5, 5.41) is 6.25. The third-order valence-corrected chi connectivity index (χ3v) is 3.53. The minimum absolute atomic E-state index is 0. The molecule has 1 heterocycles. The van der Waals surface area contributed by atoms with Crippen molar-refractivity contribution in [1.29, 1.82) is 0 Å². The van der Waals surface area contributed by atoms with Crippen molar-refractivity contribution < 1.29 is 9.53 Å². The maximum Gasteiger partial charge on any atom is 0.220 e. The predicted octanol–water partition coefficient (Wildman–Crippen LogP) is 2.51. The van der Waals surface area contributed by atoms with Crippen LogP contribution in [0.5, 0.6) is 5.75 Å². The van der Waals surface area contributed by atoms with Gasteiger partial charge in [-0.15, -0.1) is 12.4 Å². The number of carbonyl (C=O) groups is 1. The molecule has 2 rings (SSSR count). The number of amides is 1. The van der Waals surface area contributed by atoms with Crippen molar-refractivity contribution in [1.82, 2.24) is 10.6 Å². The van der Waals surface area contributed by atoms with Gasteiger partial charge in [-0.3, -0.25) is 4.79 Å². The van der Waals surface area contributed by atoms with Gasteiger partial charge in [-0.25, -0.2) is 0 Å². The predicted molar refractivity (Wildman–Crippen MR) is 85.5 cm³/mol. The largest absolute Gasteiger partial charge is 0.494 e. The number of ether oxygens (including phenoxy) is 1. The first-order valence-corrected chi connectivity index (χ1v) is 7.42. The molecule has 1 fully saturated rings. The summed E-state index contributed by atoms with van der Waals surface area (Å²) in [6.07, 6.45) is 2.28. The van der Waals surface area contributed by atoms with Crippen molar-refractivity contribution >= 4 is 34.2 Å². The van der Waals surface area contributed by atoms with Crippen LogP contribution in [0.15, 0.2) is 28.7 Å². The summed E-state index contributed by atoms with van der Waals surface area (Å²) in [6.45, 7) is 2.45. The van der Waals surface area contributed by atoms with E-state index < -0.39 is 0 Å². The molecule has 1 aliphatic rings. The number of carbonyl (C=O) groups excluding carboxylic acids is 1. The van der Waals surface area contributed by atoms with Crippen molar-refractivity contribution in [2.45, 2.75) is 25.3 Å². The van der Waals surface area contributed by atoms with Gasteiger partial charge in [0, 0.05) is 23.5 Å². The molecular formula is C14H20BrClN2O2. The minimum Gasteiger partial charge on any atom is -0.494 e. The summed E-state index contributed by atoms with van der Waals surface area (Å²) in [7, 11) is 0. The molecule has 1 amide bonds. The zero-order valence-electron chi connectivity index (χ0n) is 11.2. The SMILES string of the molecule is Cl.O=C(CCCOc1cccc(Br)c1)NC1CCNC1. The average Bonchev–Trinajstić information content (AvgIpc) is 2.87. The smallest absolute Gasteiger partial charge is 0.220 e. The van der Waals surface area contributed by atoms with Crippen LogP contribution in [0.25, 0.3) is 0 Å². The van der Waals surface area contributed by atoms with Crippen LogP contribution >= 0.6 is 28.3 Å². The van der Waals surface area contributed by atoms with E-state index in [1.165, 1.54) is 0 Å². The Kier molecular flexibility index (Phi) is 7.95. The van der Waals surface area contributed by atoms with Crippen LogP contribution in [-0.4, -0.2) is 31.6 Å². The summed E-state index contributed by atoms with van der Waals surface area (Å²) in [5.41, 5.74) is 0. The van der Waals surface area contributed by atoms with E-state index >= 15 is 0 Å². The van der Waals surface area contributed by atoms with Crippen LogP contribution in [0, 0.1) is 0 Å². The van der Waals surface area contributed by atoms with Crippen molar-refractivity contribution in [3.63, 3.8) is 0 Å². The first kappa shape index (κ1) is 17.3. The Hall–Kier alpha value is -0.780. The highest BCUT2D eigenvalue weighted by atomic mass is 79.9. The van der Waals surface area contributed by atoms with Crippen LogP contribution in [0.4, 0.5) is 0 Å². The van der Waals surface area contributed by atoms with Crippen LogP contribution in [0.2, 0.25) is 0 Å². The van der Waals surface area contributed by atoms with Crippen LogP contribution < -0.4 is 15.4 Å². The van der Waals surface area contributed by atoms with Gasteiger partial charge in [-0.2, -0.15) is 0 Å². The number of hydrogen-bond acceptors (Lipinski definition) is 3. The molecule has 0 radical (unpaired) electrons. The number of rotatable bonds is 6. The second-order valence-electron chi connectivity index (χ2n) is 4.67. The maximum atomic E-state index is 11.7. The zero-order valence-corrected chi connectivity index (χ0v) is 13.6. The van der Waals surface area contributed by atoms with Gasteiger partial charge >= 0.3 is 0 Å². The van der Waals surface area contributed by atoms with Gasteiger partial charge in [0.2, 0.25) is 5.91 Å². The van der Waals surface area contributed by atoms with E-state index in [1.54, 1.807) is 0 Å². The second-order valence-corrected chi connectivity index (χ2v) is 5.58. The zero-order chi connectivity index (χ0) is 13.5. The maximum absolute atomic E-state index is 11.7. The van der Waals surface area contributed by atoms with E-state index in [0.29, 0.717) is 19.1 Å². The fourth-order valence-electron chi connectivity index (χ4n) is 2.06. The summed E-state index contributed by atoms with van der Waals surface area (Å²) < 4.78 is 6.58. The van der Waals surface area contributed by atoms with Gasteiger partial charge in [0.1, 0.15) is 5.75 Å². The highest BCUT2D eigenvalue weighted by molar-refractivity contribution is 9.10. The molecule has 1 aromatic rings. The van der Waals surface area contributed by atoms with E-state index in [2.05, 4.69) is 26.6 Å². The number of benzene rings is 1. The summed E-state index contributed by atoms with van der Waals surface area (Å²) in [6, 6.07) is 8.02. The lowest BCUT2D eigenvalue weighted by Gasteiger charge is -2.11. The summed E-state index contributed by atoms with van der Waals surface area (Å²) in [5.74, 6) is 0.946. The molecule has 1 saturated heterocycles. The Morgan fingerprint density at radius 2 is 2.35 bits per heavy atom. The fraction of sp³-hybridized carbons (Fsp3) is 0.500. The van der Waals surface area contributed by atoms with Crippen LogP contribution in [-0.2, 0) is 4.79 Å². The first-order chi connectivity index (χ1) is 9.24. The number of hydrogen-bond donors (Lipinski definition) is 2. The van der Waals surface area contributed by atoms with Crippen molar-refractivity contribution in [2.24, 2.45) is 0 Å². The molecule has 1 unspecified atom stereocenters. The normalized spacial score (nSPS) is 17.4. The van der Waals surface area contributed by atoms with Crippen molar-refractivity contribution in [2.75, 3.05) is 19.7 Å². The Labute approximate surface area is 134 Å². The lowest BCUT2D eigenvalue weighted by molar-refractivity contribution is -0.121. The molecule has 0 aliphatic carbocycles. The molecule has 2 N–H and O–H groups in total. The number of nitrogens with one attached hydrogen (secondary N) is 2. The monoisotopic (exact) mass is 362 g/mol. The summed E-state index contributed by atoms with van der Waals surface area (Å²) >= 11 is 3.39. The average molecular weight is 364 g/mol. The van der Waals surface area contributed by atoms with Gasteiger partial charge in [-0.1, -0.05) is 22.0 Å². The van der Waals surface area contributed by atoms with Gasteiger partial charge in [0.05, 0.1) is 6.61 Å². The Morgan fingerprint density at radius 1 is 1.50 bits per heavy atom. The van der Waals surface area contributed by atoms with Gasteiger partial charge in [0.25, 0.3) is 0 Å². The third-order valence-electron chi connectivity index (χ3n) is 3.04. The van der Waals surface area contributed by atoms with Crippen LogP contribution in [0.3, 0.4) is 0 Å². The molecular weight excluding hydrogens is 344 g/mol. The molecule has 6 heteroatoms. The topological polar surface area (TPSA) is 50.4 Å². The van der Waals surface area contributed by atoms with Gasteiger partial charge in [-0.05, 0) is 37.6 Å². The molecule has 0 aromatic heterocycles. The molecule has 1 atom stereocenters. The molecule has 20 heavy (non-hydrogen) atoms. The number of halogens is 2. The van der Waals surface area contributed by atoms with Crippen molar-refractivity contribution in [3.8, 4) is 5.75 Å². The highest BCUT2D eigenvalue weighted by Crippen LogP contribution is 2.17. The fourth-order valence-corrected chi connectivity index (χ4v) is 2.44. The third kappa shape index (κ3) is 6.11. The van der Waals surface area contributed by atoms with E-state index in [9.17, 15) is 4.79 Å². The standard InChI is InChI=1S/C14H19BrN2O2.ClH/c15-11-3-1-4-13(9-11)19-8-2-5-14(18)17-12-6-7-16-10-12;/h1,3-4,9,12,16H,2,5-8,10H2,(H,17,18);1H. The van der Waals surface area contributed by atoms with E-state index in [4.69, 9.17) is 4.74 Å². The molecule has 1 aliphatic heterocycles. The lowest BCUT2D eigenvalue weighted by atomic mass is 10.2. The lowest BCUT2D eigenvalue weighted by Crippen LogP contribution is -2.36.